The molecule has 0 radical (unpaired) electrons. The number of quaternary nitrogens is 1. The molecular formula is C14H25N3O3. The van der Waals surface area contributed by atoms with Gasteiger partial charge >= 0.3 is 0 Å². The van der Waals surface area contributed by atoms with Crippen LogP contribution in [-0.2, 0) is 0 Å². The number of nitrogens with zero attached hydrogens (tertiary/aromatic N) is 3. The molecule has 0 aromatic heterocycles. The maximum Gasteiger partial charge on any atom is 0.186 e. The van der Waals surface area contributed by atoms with Gasteiger partial charge in [-0.2, -0.15) is 5.26 Å². The molecule has 20 heavy (non-hydrogen) atoms. The van der Waals surface area contributed by atoms with Gasteiger partial charge in [-0.3, -0.25) is 0 Å². The van der Waals surface area contributed by atoms with Crippen LogP contribution in [0, 0.1) is 26.7 Å². The van der Waals surface area contributed by atoms with Gasteiger partial charge in [0.1, 0.15) is 6.07 Å². The van der Waals surface area contributed by atoms with Gasteiger partial charge in [0.25, 0.3) is 0 Å². The Balaban J connectivity index is 0.000000444. The lowest BCUT2D eigenvalue weighted by molar-refractivity contribution is -0.946. The van der Waals surface area contributed by atoms with Crippen LogP contribution in [0.1, 0.15) is 58.3 Å². The molecule has 2 saturated heterocycles. The second kappa shape index (κ2) is 6.89. The van der Waals surface area contributed by atoms with Crippen LogP contribution in [0.4, 0.5) is 0 Å². The van der Waals surface area contributed by atoms with Crippen molar-refractivity contribution in [3.8, 4) is 6.07 Å². The highest BCUT2D eigenvalue weighted by atomic mass is 16.9. The van der Waals surface area contributed by atoms with Crippen molar-refractivity contribution in [2.45, 2.75) is 69.9 Å². The van der Waals surface area contributed by atoms with Gasteiger partial charge in [0, 0.05) is 25.7 Å². The van der Waals surface area contributed by atoms with Gasteiger partial charge in [-0.15, -0.1) is 0 Å². The topological polar surface area (TPSA) is 90.0 Å². The Morgan fingerprint density at radius 3 is 2.30 bits per heavy atom. The molecule has 6 nitrogen and oxygen atoms in total. The standard InChI is InChI=1S/C14H25N2.NO3/c1-3-4-5-6-11-16(2)13-7-9-14(16,12-15)10-8-13;2-1(3)4/h13H,3-11H2,1-2H3;/q+1;-1. The van der Waals surface area contributed by atoms with E-state index < -0.39 is 5.09 Å². The van der Waals surface area contributed by atoms with Gasteiger partial charge in [0.05, 0.1) is 24.7 Å². The van der Waals surface area contributed by atoms with Gasteiger partial charge in [-0.05, 0) is 12.8 Å². The molecule has 2 bridgehead atoms. The van der Waals surface area contributed by atoms with Crippen LogP contribution in [0.3, 0.4) is 0 Å². The van der Waals surface area contributed by atoms with Crippen molar-refractivity contribution in [1.82, 2.24) is 0 Å². The van der Waals surface area contributed by atoms with Crippen LogP contribution < -0.4 is 0 Å². The fraction of sp³-hybridized carbons (Fsp3) is 0.929. The highest BCUT2D eigenvalue weighted by Crippen LogP contribution is 2.51. The molecule has 114 valence electrons. The smallest absolute Gasteiger partial charge is 0.186 e. The molecule has 2 heterocycles. The van der Waals surface area contributed by atoms with Crippen LogP contribution in [0.15, 0.2) is 0 Å². The van der Waals surface area contributed by atoms with E-state index in [1.54, 1.807) is 0 Å². The van der Waals surface area contributed by atoms with Gasteiger partial charge in [0.15, 0.2) is 5.54 Å². The lowest BCUT2D eigenvalue weighted by Crippen LogP contribution is -2.56. The molecule has 6 heteroatoms. The first-order valence-corrected chi connectivity index (χ1v) is 7.50. The number of fused-ring (bicyclic) bond motifs is 2. The fourth-order valence-corrected chi connectivity index (χ4v) is 4.00. The zero-order valence-electron chi connectivity index (χ0n) is 12.5. The third-order valence-electron chi connectivity index (χ3n) is 5.25. The Bertz CT molecular complexity index is 368. The summed E-state index contributed by atoms with van der Waals surface area (Å²) in [6, 6.07) is 3.47. The third-order valence-corrected chi connectivity index (χ3v) is 5.25. The first kappa shape index (κ1) is 16.7. The number of nitriles is 1. The second-order valence-corrected chi connectivity index (χ2v) is 6.15. The molecule has 0 amide bonds. The Morgan fingerprint density at radius 2 is 1.85 bits per heavy atom. The van der Waals surface area contributed by atoms with Crippen molar-refractivity contribution >= 4 is 0 Å². The van der Waals surface area contributed by atoms with E-state index in [1.807, 2.05) is 0 Å². The molecule has 0 saturated carbocycles. The monoisotopic (exact) mass is 283 g/mol. The van der Waals surface area contributed by atoms with Gasteiger partial charge in [-0.25, -0.2) is 0 Å². The molecule has 2 fully saturated rings. The number of hydrogen-bond donors (Lipinski definition) is 0. The molecule has 0 aromatic carbocycles. The minimum atomic E-state index is -1.75. The summed E-state index contributed by atoms with van der Waals surface area (Å²) in [6.45, 7) is 3.49. The molecule has 0 N–H and O–H groups in total. The van der Waals surface area contributed by atoms with Crippen LogP contribution in [0.25, 0.3) is 0 Å². The van der Waals surface area contributed by atoms with Gasteiger partial charge < -0.3 is 19.8 Å². The first-order chi connectivity index (χ1) is 9.42. The zero-order chi connectivity index (χ0) is 15.2. The minimum Gasteiger partial charge on any atom is -0.356 e. The summed E-state index contributed by atoms with van der Waals surface area (Å²) in [4.78, 5) is 8.25. The largest absolute Gasteiger partial charge is 0.356 e. The fourth-order valence-electron chi connectivity index (χ4n) is 4.00. The summed E-state index contributed by atoms with van der Waals surface area (Å²) in [5.74, 6) is 0. The van der Waals surface area contributed by atoms with E-state index in [0.717, 1.165) is 23.4 Å². The van der Waals surface area contributed by atoms with Crippen LogP contribution in [0.2, 0.25) is 0 Å². The van der Waals surface area contributed by atoms with E-state index in [-0.39, 0.29) is 5.54 Å². The van der Waals surface area contributed by atoms with Crippen molar-refractivity contribution in [2.24, 2.45) is 0 Å². The highest BCUT2D eigenvalue weighted by molar-refractivity contribution is 5.10. The lowest BCUT2D eigenvalue weighted by atomic mass is 9.89. The van der Waals surface area contributed by atoms with Gasteiger partial charge in [-0.1, -0.05) is 19.8 Å². The molecule has 2 aliphatic heterocycles. The number of unbranched alkanes of at least 4 members (excludes halogenated alkanes) is 3. The van der Waals surface area contributed by atoms with E-state index in [1.165, 1.54) is 45.1 Å². The number of hydrogen-bond acceptors (Lipinski definition) is 4. The quantitative estimate of drug-likeness (QED) is 0.335. The Morgan fingerprint density at radius 1 is 1.30 bits per heavy atom. The highest BCUT2D eigenvalue weighted by Gasteiger charge is 2.62. The zero-order valence-corrected chi connectivity index (χ0v) is 12.5. The van der Waals surface area contributed by atoms with Crippen molar-refractivity contribution < 1.29 is 9.57 Å². The lowest BCUT2D eigenvalue weighted by Gasteiger charge is -2.40. The molecule has 2 aliphatic rings. The van der Waals surface area contributed by atoms with Crippen molar-refractivity contribution in [2.75, 3.05) is 13.6 Å². The average molecular weight is 283 g/mol. The molecule has 1 atom stereocenters. The van der Waals surface area contributed by atoms with E-state index in [0.29, 0.717) is 0 Å². The summed E-state index contributed by atoms with van der Waals surface area (Å²) < 4.78 is 1.08. The van der Waals surface area contributed by atoms with Gasteiger partial charge in [0.2, 0.25) is 0 Å². The molecular weight excluding hydrogens is 258 g/mol. The van der Waals surface area contributed by atoms with Crippen molar-refractivity contribution in [1.29, 1.82) is 5.26 Å². The first-order valence-electron chi connectivity index (χ1n) is 7.50. The predicted molar refractivity (Wildman–Crippen MR) is 76.2 cm³/mol. The average Bonchev–Trinajstić information content (AvgIpc) is 2.83. The molecule has 0 spiro atoms. The van der Waals surface area contributed by atoms with Crippen LogP contribution in [0.5, 0.6) is 0 Å². The third kappa shape index (κ3) is 3.21. The molecule has 1 unspecified atom stereocenters. The molecule has 0 aromatic rings. The minimum absolute atomic E-state index is 0.00309. The van der Waals surface area contributed by atoms with Crippen LogP contribution >= 0.6 is 0 Å². The van der Waals surface area contributed by atoms with E-state index in [4.69, 9.17) is 15.3 Å². The van der Waals surface area contributed by atoms with E-state index in [2.05, 4.69) is 20.0 Å². The van der Waals surface area contributed by atoms with Crippen molar-refractivity contribution in [3.63, 3.8) is 0 Å². The Hall–Kier alpha value is -1.35. The SMILES string of the molecule is CCCCCC[N+]1(C)C2CCC1(C#N)CC2.O=[N+]([O-])[O-]. The van der Waals surface area contributed by atoms with E-state index in [9.17, 15) is 5.26 Å². The summed E-state index contributed by atoms with van der Waals surface area (Å²) in [7, 11) is 2.35. The van der Waals surface area contributed by atoms with Crippen molar-refractivity contribution in [3.05, 3.63) is 15.3 Å². The Labute approximate surface area is 120 Å². The summed E-state index contributed by atoms with van der Waals surface area (Å²) in [5.41, 5.74) is -0.00309. The number of rotatable bonds is 5. The maximum atomic E-state index is 9.52. The predicted octanol–water partition coefficient (Wildman–Crippen LogP) is 2.99. The summed E-state index contributed by atoms with van der Waals surface area (Å²) >= 11 is 0. The Kier molecular flexibility index (Phi) is 5.75. The molecule has 0 aliphatic carbocycles. The second-order valence-electron chi connectivity index (χ2n) is 6.15. The van der Waals surface area contributed by atoms with Crippen LogP contribution in [-0.4, -0.2) is 34.7 Å². The van der Waals surface area contributed by atoms with E-state index >= 15 is 0 Å². The molecule has 2 rings (SSSR count). The maximum absolute atomic E-state index is 9.52. The normalized spacial score (nSPS) is 34.1. The summed E-state index contributed by atoms with van der Waals surface area (Å²) in [6.07, 6.45) is 10.2. The summed E-state index contributed by atoms with van der Waals surface area (Å²) in [5, 5.41) is 24.3.